The minimum atomic E-state index is 0.705. The summed E-state index contributed by atoms with van der Waals surface area (Å²) in [6.07, 6.45) is 3.74. The van der Waals surface area contributed by atoms with Crippen LogP contribution in [-0.2, 0) is 6.42 Å². The second-order valence-electron chi connectivity index (χ2n) is 3.52. The number of nitrogens with two attached hydrogens (primary N) is 1. The third-order valence-electron chi connectivity index (χ3n) is 2.51. The van der Waals surface area contributed by atoms with Crippen LogP contribution in [0, 0.1) is 0 Å². The van der Waals surface area contributed by atoms with Crippen LogP contribution in [-0.4, -0.2) is 13.7 Å². The number of ether oxygens (including phenoxy) is 1. The summed E-state index contributed by atoms with van der Waals surface area (Å²) in [6, 6.07) is 5.84. The van der Waals surface area contributed by atoms with E-state index in [2.05, 4.69) is 0 Å². The summed E-state index contributed by atoms with van der Waals surface area (Å²) in [7, 11) is 1.67. The summed E-state index contributed by atoms with van der Waals surface area (Å²) >= 11 is 0. The molecule has 1 aromatic heterocycles. The molecule has 0 saturated heterocycles. The average molecular weight is 205 g/mol. The monoisotopic (exact) mass is 205 g/mol. The van der Waals surface area contributed by atoms with Crippen molar-refractivity contribution in [1.82, 2.24) is 0 Å². The van der Waals surface area contributed by atoms with Gasteiger partial charge in [-0.05, 0) is 43.1 Å². The number of aryl methyl sites for hydroxylation is 1. The van der Waals surface area contributed by atoms with Gasteiger partial charge in [-0.25, -0.2) is 0 Å². The first-order valence-electron chi connectivity index (χ1n) is 5.09. The van der Waals surface area contributed by atoms with E-state index in [1.54, 1.807) is 13.4 Å². The summed E-state index contributed by atoms with van der Waals surface area (Å²) in [5, 5.41) is 1.13. The predicted octanol–water partition coefficient (Wildman–Crippen LogP) is 2.33. The first-order chi connectivity index (χ1) is 7.35. The fourth-order valence-electron chi connectivity index (χ4n) is 1.67. The lowest BCUT2D eigenvalue weighted by atomic mass is 10.1. The normalized spacial score (nSPS) is 10.8. The van der Waals surface area contributed by atoms with E-state index in [1.807, 2.05) is 18.2 Å². The van der Waals surface area contributed by atoms with Gasteiger partial charge in [-0.2, -0.15) is 0 Å². The van der Waals surface area contributed by atoms with Gasteiger partial charge in [0, 0.05) is 5.39 Å². The van der Waals surface area contributed by atoms with E-state index >= 15 is 0 Å². The largest absolute Gasteiger partial charge is 0.497 e. The fraction of sp³-hybridized carbons (Fsp3) is 0.333. The molecule has 3 nitrogen and oxygen atoms in total. The standard InChI is InChI=1S/C12H15NO2/c1-14-10-4-5-12-11(7-10)9(8-15-12)3-2-6-13/h4-5,7-8H,2-3,6,13H2,1H3. The summed E-state index contributed by atoms with van der Waals surface area (Å²) in [6.45, 7) is 0.705. The van der Waals surface area contributed by atoms with Crippen molar-refractivity contribution < 1.29 is 9.15 Å². The first kappa shape index (κ1) is 10.1. The zero-order valence-electron chi connectivity index (χ0n) is 8.82. The van der Waals surface area contributed by atoms with Crippen LogP contribution in [0.5, 0.6) is 5.75 Å². The van der Waals surface area contributed by atoms with Crippen molar-refractivity contribution in [3.05, 3.63) is 30.0 Å². The van der Waals surface area contributed by atoms with Crippen LogP contribution in [0.1, 0.15) is 12.0 Å². The van der Waals surface area contributed by atoms with E-state index in [4.69, 9.17) is 14.9 Å². The van der Waals surface area contributed by atoms with Gasteiger partial charge in [0.25, 0.3) is 0 Å². The molecule has 0 aliphatic heterocycles. The highest BCUT2D eigenvalue weighted by molar-refractivity contribution is 5.82. The van der Waals surface area contributed by atoms with E-state index in [0.717, 1.165) is 29.6 Å². The Labute approximate surface area is 88.8 Å². The molecule has 2 aromatic rings. The van der Waals surface area contributed by atoms with E-state index in [-0.39, 0.29) is 0 Å². The lowest BCUT2D eigenvalue weighted by Crippen LogP contribution is -1.99. The number of methoxy groups -OCH3 is 1. The summed E-state index contributed by atoms with van der Waals surface area (Å²) in [5.74, 6) is 0.859. The van der Waals surface area contributed by atoms with Gasteiger partial charge in [0.05, 0.1) is 13.4 Å². The number of hydrogen-bond acceptors (Lipinski definition) is 3. The molecule has 2 rings (SSSR count). The molecule has 0 aliphatic carbocycles. The molecule has 0 saturated carbocycles. The Balaban J connectivity index is 2.38. The van der Waals surface area contributed by atoms with Crippen LogP contribution < -0.4 is 10.5 Å². The summed E-state index contributed by atoms with van der Waals surface area (Å²) in [5.41, 5.74) is 7.60. The van der Waals surface area contributed by atoms with Crippen LogP contribution in [0.25, 0.3) is 11.0 Å². The molecule has 0 fully saturated rings. The van der Waals surface area contributed by atoms with E-state index in [1.165, 1.54) is 5.56 Å². The molecule has 15 heavy (non-hydrogen) atoms. The van der Waals surface area contributed by atoms with Gasteiger partial charge < -0.3 is 14.9 Å². The topological polar surface area (TPSA) is 48.4 Å². The van der Waals surface area contributed by atoms with Gasteiger partial charge in [-0.1, -0.05) is 0 Å². The van der Waals surface area contributed by atoms with Gasteiger partial charge in [0.2, 0.25) is 0 Å². The second kappa shape index (κ2) is 4.36. The first-order valence-corrected chi connectivity index (χ1v) is 5.09. The van der Waals surface area contributed by atoms with Crippen LogP contribution in [0.3, 0.4) is 0 Å². The highest BCUT2D eigenvalue weighted by Crippen LogP contribution is 2.26. The SMILES string of the molecule is COc1ccc2occ(CCCN)c2c1. The van der Waals surface area contributed by atoms with E-state index in [0.29, 0.717) is 6.54 Å². The minimum absolute atomic E-state index is 0.705. The van der Waals surface area contributed by atoms with Crippen LogP contribution in [0.4, 0.5) is 0 Å². The van der Waals surface area contributed by atoms with Crippen molar-refractivity contribution in [2.75, 3.05) is 13.7 Å². The number of hydrogen-bond donors (Lipinski definition) is 1. The average Bonchev–Trinajstić information content (AvgIpc) is 2.68. The Hall–Kier alpha value is -1.48. The zero-order chi connectivity index (χ0) is 10.7. The van der Waals surface area contributed by atoms with Gasteiger partial charge in [0.15, 0.2) is 0 Å². The molecule has 1 heterocycles. The fourth-order valence-corrected chi connectivity index (χ4v) is 1.67. The maximum absolute atomic E-state index is 5.49. The summed E-state index contributed by atoms with van der Waals surface area (Å²) < 4.78 is 10.6. The van der Waals surface area contributed by atoms with Crippen molar-refractivity contribution in [3.63, 3.8) is 0 Å². The molecule has 80 valence electrons. The lowest BCUT2D eigenvalue weighted by Gasteiger charge is -2.00. The molecule has 1 aromatic carbocycles. The molecule has 0 bridgehead atoms. The number of benzene rings is 1. The minimum Gasteiger partial charge on any atom is -0.497 e. The highest BCUT2D eigenvalue weighted by atomic mass is 16.5. The van der Waals surface area contributed by atoms with Crippen molar-refractivity contribution in [1.29, 1.82) is 0 Å². The van der Waals surface area contributed by atoms with Crippen LogP contribution >= 0.6 is 0 Å². The van der Waals surface area contributed by atoms with E-state index < -0.39 is 0 Å². The molecule has 0 spiro atoms. The molecule has 0 atom stereocenters. The third kappa shape index (κ3) is 1.97. The quantitative estimate of drug-likeness (QED) is 0.833. The molecule has 3 heteroatoms. The lowest BCUT2D eigenvalue weighted by molar-refractivity contribution is 0.415. The van der Waals surface area contributed by atoms with Gasteiger partial charge >= 0.3 is 0 Å². The Morgan fingerprint density at radius 3 is 3.00 bits per heavy atom. The molecule has 2 N–H and O–H groups in total. The van der Waals surface area contributed by atoms with Crippen molar-refractivity contribution in [2.24, 2.45) is 5.73 Å². The third-order valence-corrected chi connectivity index (χ3v) is 2.51. The smallest absolute Gasteiger partial charge is 0.134 e. The van der Waals surface area contributed by atoms with Gasteiger partial charge in [-0.15, -0.1) is 0 Å². The van der Waals surface area contributed by atoms with Crippen LogP contribution in [0.15, 0.2) is 28.9 Å². The van der Waals surface area contributed by atoms with Gasteiger partial charge in [-0.3, -0.25) is 0 Å². The Morgan fingerprint density at radius 1 is 1.40 bits per heavy atom. The second-order valence-corrected chi connectivity index (χ2v) is 3.52. The van der Waals surface area contributed by atoms with Crippen molar-refractivity contribution in [3.8, 4) is 5.75 Å². The molecule has 0 amide bonds. The zero-order valence-corrected chi connectivity index (χ0v) is 8.82. The van der Waals surface area contributed by atoms with Crippen molar-refractivity contribution >= 4 is 11.0 Å². The molecule has 0 aliphatic rings. The maximum atomic E-state index is 5.49. The van der Waals surface area contributed by atoms with Gasteiger partial charge in [0.1, 0.15) is 11.3 Å². The number of rotatable bonds is 4. The summed E-state index contributed by atoms with van der Waals surface area (Å²) in [4.78, 5) is 0. The van der Waals surface area contributed by atoms with E-state index in [9.17, 15) is 0 Å². The molecule has 0 unspecified atom stereocenters. The Bertz CT molecular complexity index is 448. The number of furan rings is 1. The molecular weight excluding hydrogens is 190 g/mol. The molecular formula is C12H15NO2. The number of fused-ring (bicyclic) bond motifs is 1. The maximum Gasteiger partial charge on any atom is 0.134 e. The van der Waals surface area contributed by atoms with Crippen molar-refractivity contribution in [2.45, 2.75) is 12.8 Å². The Kier molecular flexibility index (Phi) is 2.92. The van der Waals surface area contributed by atoms with Crippen LogP contribution in [0.2, 0.25) is 0 Å². The molecule has 0 radical (unpaired) electrons. The highest BCUT2D eigenvalue weighted by Gasteiger charge is 2.06. The predicted molar refractivity (Wildman–Crippen MR) is 60.1 cm³/mol. The Morgan fingerprint density at radius 2 is 2.27 bits per heavy atom.